The second-order valence-corrected chi connectivity index (χ2v) is 4.01. The number of nitrogens with one attached hydrogen (secondary N) is 1. The van der Waals surface area contributed by atoms with Crippen LogP contribution in [0.4, 0.5) is 5.69 Å². The van der Waals surface area contributed by atoms with Crippen molar-refractivity contribution in [1.82, 2.24) is 9.78 Å². The van der Waals surface area contributed by atoms with Crippen LogP contribution in [0.15, 0.2) is 29.1 Å². The van der Waals surface area contributed by atoms with Gasteiger partial charge in [0.2, 0.25) is 11.7 Å². The SMILES string of the molecule is COC(=O)c1occc1CNc1cnn(CC(N)=O)c1. The number of furan rings is 1. The fourth-order valence-electron chi connectivity index (χ4n) is 1.64. The number of anilines is 1. The number of amides is 1. The molecule has 0 spiro atoms. The van der Waals surface area contributed by atoms with Crippen LogP contribution in [-0.2, 0) is 22.6 Å². The summed E-state index contributed by atoms with van der Waals surface area (Å²) in [4.78, 5) is 22.2. The smallest absolute Gasteiger partial charge is 0.374 e. The summed E-state index contributed by atoms with van der Waals surface area (Å²) in [5, 5.41) is 7.03. The van der Waals surface area contributed by atoms with E-state index in [4.69, 9.17) is 10.2 Å². The fraction of sp³-hybridized carbons (Fsp3) is 0.250. The Labute approximate surface area is 114 Å². The van der Waals surface area contributed by atoms with Gasteiger partial charge in [-0.25, -0.2) is 4.79 Å². The molecule has 0 unspecified atom stereocenters. The van der Waals surface area contributed by atoms with Gasteiger partial charge in [-0.15, -0.1) is 0 Å². The molecule has 2 aromatic rings. The van der Waals surface area contributed by atoms with E-state index in [9.17, 15) is 9.59 Å². The van der Waals surface area contributed by atoms with Crippen molar-refractivity contribution >= 4 is 17.6 Å². The molecule has 0 aliphatic carbocycles. The Morgan fingerprint density at radius 3 is 3.05 bits per heavy atom. The number of ether oxygens (including phenoxy) is 1. The minimum absolute atomic E-state index is 0.0147. The van der Waals surface area contributed by atoms with E-state index in [0.717, 1.165) is 0 Å². The Kier molecular flexibility index (Phi) is 4.04. The summed E-state index contributed by atoms with van der Waals surface area (Å²) >= 11 is 0. The summed E-state index contributed by atoms with van der Waals surface area (Å²) in [6.07, 6.45) is 4.61. The van der Waals surface area contributed by atoms with E-state index in [1.165, 1.54) is 18.1 Å². The molecule has 3 N–H and O–H groups in total. The first kappa shape index (κ1) is 13.7. The number of aromatic nitrogens is 2. The van der Waals surface area contributed by atoms with Gasteiger partial charge < -0.3 is 20.2 Å². The molecular weight excluding hydrogens is 264 g/mol. The summed E-state index contributed by atoms with van der Waals surface area (Å²) < 4.78 is 11.1. The average molecular weight is 278 g/mol. The van der Waals surface area contributed by atoms with E-state index in [0.29, 0.717) is 17.8 Å². The number of carbonyl (C=O) groups is 2. The highest BCUT2D eigenvalue weighted by Gasteiger charge is 2.15. The number of primary amides is 1. The van der Waals surface area contributed by atoms with Gasteiger partial charge in [0, 0.05) is 18.3 Å². The lowest BCUT2D eigenvalue weighted by Crippen LogP contribution is -2.18. The Morgan fingerprint density at radius 1 is 1.55 bits per heavy atom. The monoisotopic (exact) mass is 278 g/mol. The second-order valence-electron chi connectivity index (χ2n) is 4.01. The molecule has 2 aromatic heterocycles. The van der Waals surface area contributed by atoms with E-state index in [1.54, 1.807) is 18.5 Å². The maximum atomic E-state index is 11.4. The van der Waals surface area contributed by atoms with Crippen molar-refractivity contribution in [2.45, 2.75) is 13.1 Å². The predicted molar refractivity (Wildman–Crippen MR) is 68.8 cm³/mol. The van der Waals surface area contributed by atoms with Gasteiger partial charge in [-0.2, -0.15) is 5.10 Å². The minimum atomic E-state index is -0.531. The molecule has 0 bridgehead atoms. The molecule has 1 amide bonds. The summed E-state index contributed by atoms with van der Waals surface area (Å²) in [6.45, 7) is 0.379. The molecule has 0 fully saturated rings. The highest BCUT2D eigenvalue weighted by Crippen LogP contribution is 2.14. The van der Waals surface area contributed by atoms with Gasteiger partial charge in [-0.1, -0.05) is 0 Å². The zero-order valence-electron chi connectivity index (χ0n) is 10.8. The molecule has 0 aliphatic rings. The molecule has 8 heteroatoms. The summed E-state index contributed by atoms with van der Waals surface area (Å²) in [5.41, 5.74) is 6.43. The Bertz CT molecular complexity index is 617. The van der Waals surface area contributed by atoms with E-state index in [-0.39, 0.29) is 12.3 Å². The molecule has 2 rings (SSSR count). The third-order valence-electron chi connectivity index (χ3n) is 2.55. The van der Waals surface area contributed by atoms with Crippen molar-refractivity contribution in [2.75, 3.05) is 12.4 Å². The fourth-order valence-corrected chi connectivity index (χ4v) is 1.64. The molecule has 0 aliphatic heterocycles. The van der Waals surface area contributed by atoms with Crippen LogP contribution in [0.25, 0.3) is 0 Å². The van der Waals surface area contributed by atoms with Crippen LogP contribution in [0.5, 0.6) is 0 Å². The molecule has 20 heavy (non-hydrogen) atoms. The van der Waals surface area contributed by atoms with E-state index in [1.807, 2.05) is 0 Å². The molecule has 0 saturated heterocycles. The summed E-state index contributed by atoms with van der Waals surface area (Å²) in [7, 11) is 1.29. The topological polar surface area (TPSA) is 112 Å². The maximum Gasteiger partial charge on any atom is 0.374 e. The second kappa shape index (κ2) is 5.91. The van der Waals surface area contributed by atoms with Crippen molar-refractivity contribution in [1.29, 1.82) is 0 Å². The number of esters is 1. The number of nitrogens with two attached hydrogens (primary N) is 1. The number of hydrogen-bond acceptors (Lipinski definition) is 6. The van der Waals surface area contributed by atoms with Crippen LogP contribution in [0.2, 0.25) is 0 Å². The average Bonchev–Trinajstić information content (AvgIpc) is 3.03. The third-order valence-corrected chi connectivity index (χ3v) is 2.55. The first-order chi connectivity index (χ1) is 9.60. The van der Waals surface area contributed by atoms with E-state index >= 15 is 0 Å². The summed E-state index contributed by atoms with van der Waals surface area (Å²) in [6, 6.07) is 1.67. The van der Waals surface area contributed by atoms with Crippen molar-refractivity contribution in [2.24, 2.45) is 5.73 Å². The lowest BCUT2D eigenvalue weighted by Gasteiger charge is -2.03. The minimum Gasteiger partial charge on any atom is -0.463 e. The van der Waals surface area contributed by atoms with Crippen LogP contribution in [0.1, 0.15) is 16.1 Å². The van der Waals surface area contributed by atoms with Gasteiger partial charge in [-0.05, 0) is 6.07 Å². The number of nitrogens with zero attached hydrogens (tertiary/aromatic N) is 2. The largest absolute Gasteiger partial charge is 0.463 e. The van der Waals surface area contributed by atoms with Crippen LogP contribution in [0.3, 0.4) is 0 Å². The van der Waals surface area contributed by atoms with Crippen LogP contribution in [-0.4, -0.2) is 28.8 Å². The number of rotatable bonds is 6. The molecule has 0 saturated carbocycles. The van der Waals surface area contributed by atoms with Crippen molar-refractivity contribution in [3.8, 4) is 0 Å². The quantitative estimate of drug-likeness (QED) is 0.738. The van der Waals surface area contributed by atoms with Gasteiger partial charge >= 0.3 is 5.97 Å². The molecule has 2 heterocycles. The summed E-state index contributed by atoms with van der Waals surface area (Å²) in [5.74, 6) is -0.844. The zero-order chi connectivity index (χ0) is 14.5. The molecular formula is C12H14N4O4. The van der Waals surface area contributed by atoms with Crippen molar-refractivity contribution in [3.63, 3.8) is 0 Å². The lowest BCUT2D eigenvalue weighted by atomic mass is 10.2. The molecule has 0 aromatic carbocycles. The standard InChI is InChI=1S/C12H14N4O4/c1-19-12(18)11-8(2-3-20-11)4-14-9-5-15-16(6-9)7-10(13)17/h2-3,5-6,14H,4,7H2,1H3,(H2,13,17). The molecule has 106 valence electrons. The molecule has 0 radical (unpaired) electrons. The first-order valence-electron chi connectivity index (χ1n) is 5.79. The van der Waals surface area contributed by atoms with Crippen molar-refractivity contribution in [3.05, 3.63) is 36.0 Å². The van der Waals surface area contributed by atoms with E-state index in [2.05, 4.69) is 15.2 Å². The van der Waals surface area contributed by atoms with Gasteiger partial charge in [0.15, 0.2) is 0 Å². The maximum absolute atomic E-state index is 11.4. The van der Waals surface area contributed by atoms with Gasteiger partial charge in [0.05, 0.1) is 25.3 Å². The normalized spacial score (nSPS) is 10.2. The van der Waals surface area contributed by atoms with Crippen LogP contribution < -0.4 is 11.1 Å². The first-order valence-corrected chi connectivity index (χ1v) is 5.79. The highest BCUT2D eigenvalue weighted by molar-refractivity contribution is 5.87. The molecule has 8 nitrogen and oxygen atoms in total. The zero-order valence-corrected chi connectivity index (χ0v) is 10.8. The predicted octanol–water partition coefficient (Wildman–Crippen LogP) is 0.360. The highest BCUT2D eigenvalue weighted by atomic mass is 16.5. The lowest BCUT2D eigenvalue weighted by molar-refractivity contribution is -0.118. The Morgan fingerprint density at radius 2 is 2.35 bits per heavy atom. The number of carbonyl (C=O) groups excluding carboxylic acids is 2. The Hall–Kier alpha value is -2.77. The van der Waals surface area contributed by atoms with Crippen LogP contribution >= 0.6 is 0 Å². The number of methoxy groups -OCH3 is 1. The number of hydrogen-bond donors (Lipinski definition) is 2. The van der Waals surface area contributed by atoms with E-state index < -0.39 is 11.9 Å². The molecule has 0 atom stereocenters. The van der Waals surface area contributed by atoms with Gasteiger partial charge in [-0.3, -0.25) is 9.48 Å². The van der Waals surface area contributed by atoms with Crippen LogP contribution in [0, 0.1) is 0 Å². The third kappa shape index (κ3) is 3.16. The Balaban J connectivity index is 1.98. The van der Waals surface area contributed by atoms with Gasteiger partial charge in [0.25, 0.3) is 0 Å². The van der Waals surface area contributed by atoms with Crippen molar-refractivity contribution < 1.29 is 18.7 Å². The van der Waals surface area contributed by atoms with Gasteiger partial charge in [0.1, 0.15) is 6.54 Å².